The summed E-state index contributed by atoms with van der Waals surface area (Å²) < 4.78 is 20.3. The molecule has 202 valence electrons. The molecule has 7 heteroatoms. The molecule has 5 rings (SSSR count). The normalized spacial score (nSPS) is 16.7. The second-order valence-electron chi connectivity index (χ2n) is 10.4. The molecule has 0 radical (unpaired) electrons. The molecule has 3 aromatic rings. The number of halogens is 1. The standard InChI is InChI=1S/C32H35FN4O2/c1-24-7-12-28(33)20-30(24)32(38)37-17-15-35(16-18-37)22-31(39-23-26-10-8-25(21-34)9-11-26)27-5-4-6-29(19-27)36-13-2-3-14-36/h4-12,19-20,31H,2-3,13-18,22-23H2,1H3. The molecule has 0 saturated carbocycles. The van der Waals surface area contributed by atoms with E-state index in [-0.39, 0.29) is 17.8 Å². The van der Waals surface area contributed by atoms with E-state index in [2.05, 4.69) is 40.1 Å². The van der Waals surface area contributed by atoms with Crippen molar-refractivity contribution in [2.75, 3.05) is 50.7 Å². The molecule has 0 aliphatic carbocycles. The van der Waals surface area contributed by atoms with Gasteiger partial charge in [-0.3, -0.25) is 9.69 Å². The number of nitrogens with zero attached hydrogens (tertiary/aromatic N) is 4. The van der Waals surface area contributed by atoms with Gasteiger partial charge in [0.25, 0.3) is 5.91 Å². The van der Waals surface area contributed by atoms with Gasteiger partial charge in [-0.2, -0.15) is 5.26 Å². The van der Waals surface area contributed by atoms with Gasteiger partial charge < -0.3 is 14.5 Å². The molecule has 0 N–H and O–H groups in total. The summed E-state index contributed by atoms with van der Waals surface area (Å²) in [4.78, 5) is 19.7. The van der Waals surface area contributed by atoms with Gasteiger partial charge in [-0.15, -0.1) is 0 Å². The van der Waals surface area contributed by atoms with E-state index in [1.165, 1.54) is 30.7 Å². The Morgan fingerprint density at radius 2 is 1.72 bits per heavy atom. The van der Waals surface area contributed by atoms with Crippen molar-refractivity contribution in [1.82, 2.24) is 9.80 Å². The van der Waals surface area contributed by atoms with Crippen molar-refractivity contribution in [3.05, 3.63) is 100 Å². The smallest absolute Gasteiger partial charge is 0.254 e. The van der Waals surface area contributed by atoms with Gasteiger partial charge in [-0.1, -0.05) is 30.3 Å². The topological polar surface area (TPSA) is 59.8 Å². The number of anilines is 1. The first-order chi connectivity index (χ1) is 19.0. The molecule has 1 amide bonds. The number of hydrogen-bond acceptors (Lipinski definition) is 5. The van der Waals surface area contributed by atoms with E-state index in [4.69, 9.17) is 10.00 Å². The Hall–Kier alpha value is -3.73. The number of hydrogen-bond donors (Lipinski definition) is 0. The zero-order valence-electron chi connectivity index (χ0n) is 22.5. The molecule has 2 aliphatic heterocycles. The molecule has 39 heavy (non-hydrogen) atoms. The van der Waals surface area contributed by atoms with Crippen molar-refractivity contribution >= 4 is 11.6 Å². The van der Waals surface area contributed by atoms with Crippen LogP contribution < -0.4 is 4.90 Å². The third-order valence-electron chi connectivity index (χ3n) is 7.76. The number of carbonyl (C=O) groups is 1. The highest BCUT2D eigenvalue weighted by Crippen LogP contribution is 2.28. The van der Waals surface area contributed by atoms with Gasteiger partial charge >= 0.3 is 0 Å². The second-order valence-corrected chi connectivity index (χ2v) is 10.4. The fourth-order valence-electron chi connectivity index (χ4n) is 5.39. The van der Waals surface area contributed by atoms with Crippen molar-refractivity contribution in [1.29, 1.82) is 5.26 Å². The van der Waals surface area contributed by atoms with Crippen molar-refractivity contribution in [3.8, 4) is 6.07 Å². The Bertz CT molecular complexity index is 1320. The highest BCUT2D eigenvalue weighted by molar-refractivity contribution is 5.95. The Morgan fingerprint density at radius 1 is 0.974 bits per heavy atom. The summed E-state index contributed by atoms with van der Waals surface area (Å²) in [5.41, 5.74) is 5.26. The van der Waals surface area contributed by atoms with E-state index in [0.29, 0.717) is 37.4 Å². The SMILES string of the molecule is Cc1ccc(F)cc1C(=O)N1CCN(CC(OCc2ccc(C#N)cc2)c2cccc(N3CCCC3)c2)CC1. The van der Waals surface area contributed by atoms with E-state index in [1.54, 1.807) is 6.07 Å². The van der Waals surface area contributed by atoms with E-state index < -0.39 is 0 Å². The van der Waals surface area contributed by atoms with Gasteiger partial charge in [-0.05, 0) is 72.9 Å². The highest BCUT2D eigenvalue weighted by Gasteiger charge is 2.26. The summed E-state index contributed by atoms with van der Waals surface area (Å²) in [6.45, 7) is 7.79. The minimum atomic E-state index is -0.388. The molecule has 0 bridgehead atoms. The van der Waals surface area contributed by atoms with Gasteiger partial charge in [0.2, 0.25) is 0 Å². The number of piperazine rings is 1. The van der Waals surface area contributed by atoms with Crippen LogP contribution in [0.1, 0.15) is 51.6 Å². The number of aryl methyl sites for hydroxylation is 1. The lowest BCUT2D eigenvalue weighted by Gasteiger charge is -2.37. The minimum absolute atomic E-state index is 0.112. The van der Waals surface area contributed by atoms with Crippen LogP contribution in [0.4, 0.5) is 10.1 Å². The molecule has 6 nitrogen and oxygen atoms in total. The fourth-order valence-corrected chi connectivity index (χ4v) is 5.39. The first kappa shape index (κ1) is 26.9. The molecular formula is C32H35FN4O2. The minimum Gasteiger partial charge on any atom is -0.372 e. The van der Waals surface area contributed by atoms with Crippen LogP contribution in [0.3, 0.4) is 0 Å². The number of ether oxygens (including phenoxy) is 1. The van der Waals surface area contributed by atoms with Crippen molar-refractivity contribution in [3.63, 3.8) is 0 Å². The van der Waals surface area contributed by atoms with Crippen LogP contribution >= 0.6 is 0 Å². The third kappa shape index (κ3) is 6.65. The predicted molar refractivity (Wildman–Crippen MR) is 150 cm³/mol. The molecule has 1 unspecified atom stereocenters. The first-order valence-electron chi connectivity index (χ1n) is 13.7. The maximum Gasteiger partial charge on any atom is 0.254 e. The summed E-state index contributed by atoms with van der Waals surface area (Å²) in [6.07, 6.45) is 2.30. The van der Waals surface area contributed by atoms with Crippen LogP contribution in [0.25, 0.3) is 0 Å². The molecular weight excluding hydrogens is 491 g/mol. The summed E-state index contributed by atoms with van der Waals surface area (Å²) in [5, 5.41) is 9.10. The van der Waals surface area contributed by atoms with Crippen LogP contribution in [0.5, 0.6) is 0 Å². The average molecular weight is 527 g/mol. The van der Waals surface area contributed by atoms with E-state index in [1.807, 2.05) is 36.1 Å². The molecule has 1 atom stereocenters. The van der Waals surface area contributed by atoms with Crippen molar-refractivity contribution in [2.45, 2.75) is 32.5 Å². The summed E-state index contributed by atoms with van der Waals surface area (Å²) in [6, 6.07) is 22.7. The van der Waals surface area contributed by atoms with Gasteiger partial charge in [0, 0.05) is 57.1 Å². The van der Waals surface area contributed by atoms with Gasteiger partial charge in [0.1, 0.15) is 5.82 Å². The largest absolute Gasteiger partial charge is 0.372 e. The quantitative estimate of drug-likeness (QED) is 0.398. The zero-order valence-corrected chi connectivity index (χ0v) is 22.5. The fraction of sp³-hybridized carbons (Fsp3) is 0.375. The molecule has 0 aromatic heterocycles. The molecule has 2 fully saturated rings. The van der Waals surface area contributed by atoms with E-state index in [0.717, 1.165) is 42.9 Å². The van der Waals surface area contributed by atoms with Crippen LogP contribution in [-0.4, -0.2) is 61.5 Å². The number of nitriles is 1. The summed E-state index contributed by atoms with van der Waals surface area (Å²) >= 11 is 0. The lowest BCUT2D eigenvalue weighted by atomic mass is 10.1. The molecule has 3 aromatic carbocycles. The lowest BCUT2D eigenvalue weighted by Crippen LogP contribution is -2.49. The molecule has 0 spiro atoms. The second kappa shape index (κ2) is 12.4. The van der Waals surface area contributed by atoms with Gasteiger partial charge in [0.05, 0.1) is 24.3 Å². The highest BCUT2D eigenvalue weighted by atomic mass is 19.1. The third-order valence-corrected chi connectivity index (χ3v) is 7.76. The van der Waals surface area contributed by atoms with Crippen LogP contribution in [0.15, 0.2) is 66.7 Å². The number of carbonyl (C=O) groups excluding carboxylic acids is 1. The van der Waals surface area contributed by atoms with E-state index >= 15 is 0 Å². The monoisotopic (exact) mass is 526 g/mol. The van der Waals surface area contributed by atoms with Crippen molar-refractivity contribution < 1.29 is 13.9 Å². The number of benzene rings is 3. The van der Waals surface area contributed by atoms with Gasteiger partial charge in [0.15, 0.2) is 0 Å². The van der Waals surface area contributed by atoms with Crippen LogP contribution in [-0.2, 0) is 11.3 Å². The zero-order chi connectivity index (χ0) is 27.2. The number of rotatable bonds is 8. The maximum absolute atomic E-state index is 13.8. The molecule has 2 heterocycles. The van der Waals surface area contributed by atoms with Crippen LogP contribution in [0, 0.1) is 24.1 Å². The predicted octanol–water partition coefficient (Wildman–Crippen LogP) is 5.32. The first-order valence-corrected chi connectivity index (χ1v) is 13.7. The Kier molecular flexibility index (Phi) is 8.55. The average Bonchev–Trinajstić information content (AvgIpc) is 3.52. The van der Waals surface area contributed by atoms with Gasteiger partial charge in [-0.25, -0.2) is 4.39 Å². The Morgan fingerprint density at radius 3 is 2.44 bits per heavy atom. The van der Waals surface area contributed by atoms with Crippen molar-refractivity contribution in [2.24, 2.45) is 0 Å². The van der Waals surface area contributed by atoms with E-state index in [9.17, 15) is 9.18 Å². The maximum atomic E-state index is 13.8. The summed E-state index contributed by atoms with van der Waals surface area (Å²) in [7, 11) is 0. The Labute approximate surface area is 230 Å². The summed E-state index contributed by atoms with van der Waals surface area (Å²) in [5.74, 6) is -0.500. The Balaban J connectivity index is 1.27. The number of amides is 1. The lowest BCUT2D eigenvalue weighted by molar-refractivity contribution is 0.00343. The molecule has 2 aliphatic rings. The molecule has 2 saturated heterocycles. The van der Waals surface area contributed by atoms with Crippen LogP contribution in [0.2, 0.25) is 0 Å².